The number of hydrogen-bond donors (Lipinski definition) is 1. The van der Waals surface area contributed by atoms with Crippen LogP contribution >= 0.6 is 0 Å². The normalized spacial score (nSPS) is 10.5. The van der Waals surface area contributed by atoms with Crippen LogP contribution in [0.25, 0.3) is 11.3 Å². The third-order valence-electron chi connectivity index (χ3n) is 4.08. The van der Waals surface area contributed by atoms with Crippen LogP contribution in [0.3, 0.4) is 0 Å². The molecule has 0 aliphatic carbocycles. The van der Waals surface area contributed by atoms with Crippen molar-refractivity contribution in [3.63, 3.8) is 0 Å². The van der Waals surface area contributed by atoms with Crippen LogP contribution in [-0.2, 0) is 6.42 Å². The lowest BCUT2D eigenvalue weighted by Gasteiger charge is -2.10. The molecule has 0 saturated heterocycles. The molecule has 0 spiro atoms. The average Bonchev–Trinajstić information content (AvgIpc) is 2.68. The predicted molar refractivity (Wildman–Crippen MR) is 98.3 cm³/mol. The maximum atomic E-state index is 13.4. The molecule has 1 amide bonds. The van der Waals surface area contributed by atoms with Gasteiger partial charge in [0, 0.05) is 23.7 Å². The molecule has 0 saturated carbocycles. The highest BCUT2D eigenvalue weighted by molar-refractivity contribution is 5.95. The van der Waals surface area contributed by atoms with Crippen molar-refractivity contribution in [2.45, 2.75) is 6.42 Å². The van der Waals surface area contributed by atoms with E-state index < -0.39 is 5.91 Å². The van der Waals surface area contributed by atoms with Gasteiger partial charge in [0.05, 0.1) is 25.5 Å². The van der Waals surface area contributed by atoms with Crippen LogP contribution in [0.15, 0.2) is 48.8 Å². The minimum atomic E-state index is -0.562. The van der Waals surface area contributed by atoms with Crippen molar-refractivity contribution in [2.24, 2.45) is 5.73 Å². The predicted octanol–water partition coefficient (Wildman–Crippen LogP) is 2.99. The molecule has 6 nitrogen and oxygen atoms in total. The van der Waals surface area contributed by atoms with E-state index >= 15 is 0 Å². The molecule has 2 aromatic carbocycles. The van der Waals surface area contributed by atoms with E-state index in [1.54, 1.807) is 24.3 Å². The number of benzene rings is 2. The first-order valence-electron chi connectivity index (χ1n) is 8.13. The second-order valence-electron chi connectivity index (χ2n) is 5.81. The molecular formula is C20H18FN3O3. The van der Waals surface area contributed by atoms with E-state index in [0.717, 1.165) is 11.3 Å². The molecule has 1 heterocycles. The minimum absolute atomic E-state index is 0.310. The quantitative estimate of drug-likeness (QED) is 0.724. The summed E-state index contributed by atoms with van der Waals surface area (Å²) in [5, 5.41) is 0. The van der Waals surface area contributed by atoms with E-state index in [9.17, 15) is 9.18 Å². The van der Waals surface area contributed by atoms with Crippen molar-refractivity contribution >= 4 is 5.91 Å². The topological polar surface area (TPSA) is 87.3 Å². The number of hydrogen-bond acceptors (Lipinski definition) is 5. The van der Waals surface area contributed by atoms with E-state index in [0.29, 0.717) is 34.7 Å². The summed E-state index contributed by atoms with van der Waals surface area (Å²) in [5.74, 6) is -0.138. The molecule has 0 atom stereocenters. The highest BCUT2D eigenvalue weighted by Crippen LogP contribution is 2.29. The Balaban J connectivity index is 1.93. The molecule has 0 aliphatic rings. The van der Waals surface area contributed by atoms with Crippen LogP contribution in [0.5, 0.6) is 11.5 Å². The fraction of sp³-hybridized carbons (Fsp3) is 0.150. The van der Waals surface area contributed by atoms with E-state index in [-0.39, 0.29) is 5.82 Å². The number of halogens is 1. The van der Waals surface area contributed by atoms with Crippen LogP contribution in [0.2, 0.25) is 0 Å². The first kappa shape index (κ1) is 18.3. The fourth-order valence-corrected chi connectivity index (χ4v) is 2.79. The Morgan fingerprint density at radius 3 is 2.52 bits per heavy atom. The van der Waals surface area contributed by atoms with Crippen molar-refractivity contribution in [1.29, 1.82) is 0 Å². The van der Waals surface area contributed by atoms with E-state index in [1.807, 2.05) is 6.07 Å². The number of amides is 1. The van der Waals surface area contributed by atoms with Crippen molar-refractivity contribution in [2.75, 3.05) is 14.2 Å². The van der Waals surface area contributed by atoms with Crippen LogP contribution in [-0.4, -0.2) is 30.1 Å². The maximum Gasteiger partial charge on any atom is 0.252 e. The Kier molecular flexibility index (Phi) is 5.30. The smallest absolute Gasteiger partial charge is 0.252 e. The van der Waals surface area contributed by atoms with Gasteiger partial charge in [-0.25, -0.2) is 14.4 Å². The molecule has 27 heavy (non-hydrogen) atoms. The molecule has 7 heteroatoms. The standard InChI is InChI=1S/C20H18FN3O3/c1-26-18-6-3-12(8-16(18)20(22)25)7-14-10-17(24-11-23-14)15-5-4-13(21)9-19(15)27-2/h3-6,8-11H,7H2,1-2H3,(H2,22,25). The van der Waals surface area contributed by atoms with Crippen LogP contribution < -0.4 is 15.2 Å². The second kappa shape index (κ2) is 7.82. The number of aromatic nitrogens is 2. The van der Waals surface area contributed by atoms with Crippen molar-refractivity contribution in [3.05, 3.63) is 71.4 Å². The van der Waals surface area contributed by atoms with Gasteiger partial charge in [0.1, 0.15) is 23.6 Å². The van der Waals surface area contributed by atoms with Crippen LogP contribution in [0.1, 0.15) is 21.6 Å². The van der Waals surface area contributed by atoms with Gasteiger partial charge < -0.3 is 15.2 Å². The molecule has 3 aromatic rings. The third kappa shape index (κ3) is 4.03. The Bertz CT molecular complexity index is 992. The number of rotatable bonds is 6. The molecule has 2 N–H and O–H groups in total. The number of ether oxygens (including phenoxy) is 2. The largest absolute Gasteiger partial charge is 0.496 e. The Hall–Kier alpha value is -3.48. The number of methoxy groups -OCH3 is 2. The number of nitrogens with two attached hydrogens (primary N) is 1. The van der Waals surface area contributed by atoms with Gasteiger partial charge in [-0.2, -0.15) is 0 Å². The van der Waals surface area contributed by atoms with Crippen molar-refractivity contribution in [3.8, 4) is 22.8 Å². The first-order valence-corrected chi connectivity index (χ1v) is 8.13. The van der Waals surface area contributed by atoms with Crippen molar-refractivity contribution in [1.82, 2.24) is 9.97 Å². The lowest BCUT2D eigenvalue weighted by molar-refractivity contribution is 0.0997. The van der Waals surface area contributed by atoms with Gasteiger partial charge in [0.2, 0.25) is 0 Å². The lowest BCUT2D eigenvalue weighted by atomic mass is 10.0. The molecule has 0 aliphatic heterocycles. The molecular weight excluding hydrogens is 349 g/mol. The first-order chi connectivity index (χ1) is 13.0. The average molecular weight is 367 g/mol. The molecule has 138 valence electrons. The summed E-state index contributed by atoms with van der Waals surface area (Å²) in [6, 6.07) is 11.3. The van der Waals surface area contributed by atoms with Gasteiger partial charge >= 0.3 is 0 Å². The third-order valence-corrected chi connectivity index (χ3v) is 4.08. The summed E-state index contributed by atoms with van der Waals surface area (Å²) in [5.41, 5.74) is 8.57. The zero-order valence-electron chi connectivity index (χ0n) is 14.9. The number of nitrogens with zero attached hydrogens (tertiary/aromatic N) is 2. The van der Waals surface area contributed by atoms with Gasteiger partial charge in [-0.05, 0) is 35.9 Å². The van der Waals surface area contributed by atoms with Gasteiger partial charge in [-0.15, -0.1) is 0 Å². The monoisotopic (exact) mass is 367 g/mol. The molecule has 0 bridgehead atoms. The van der Waals surface area contributed by atoms with Gasteiger partial charge in [-0.3, -0.25) is 4.79 Å². The maximum absolute atomic E-state index is 13.4. The Morgan fingerprint density at radius 1 is 1.04 bits per heavy atom. The highest BCUT2D eigenvalue weighted by atomic mass is 19.1. The molecule has 0 fully saturated rings. The molecule has 0 unspecified atom stereocenters. The van der Waals surface area contributed by atoms with Gasteiger partial charge in [0.15, 0.2) is 0 Å². The summed E-state index contributed by atoms with van der Waals surface area (Å²) >= 11 is 0. The highest BCUT2D eigenvalue weighted by Gasteiger charge is 2.12. The molecule has 0 radical (unpaired) electrons. The number of carbonyl (C=O) groups excluding carboxylic acids is 1. The van der Waals surface area contributed by atoms with Crippen molar-refractivity contribution < 1.29 is 18.7 Å². The Morgan fingerprint density at radius 2 is 1.81 bits per heavy atom. The molecule has 3 rings (SSSR count). The minimum Gasteiger partial charge on any atom is -0.496 e. The van der Waals surface area contributed by atoms with Crippen LogP contribution in [0.4, 0.5) is 4.39 Å². The fourth-order valence-electron chi connectivity index (χ4n) is 2.79. The van der Waals surface area contributed by atoms with Gasteiger partial charge in [0.25, 0.3) is 5.91 Å². The SMILES string of the molecule is COc1ccc(Cc2cc(-c3ccc(F)cc3OC)ncn2)cc1C(N)=O. The van der Waals surface area contributed by atoms with E-state index in [2.05, 4.69) is 9.97 Å². The van der Waals surface area contributed by atoms with E-state index in [1.165, 1.54) is 32.7 Å². The van der Waals surface area contributed by atoms with Gasteiger partial charge in [-0.1, -0.05) is 6.07 Å². The second-order valence-corrected chi connectivity index (χ2v) is 5.81. The number of carbonyl (C=O) groups is 1. The zero-order chi connectivity index (χ0) is 19.4. The summed E-state index contributed by atoms with van der Waals surface area (Å²) in [4.78, 5) is 20.1. The van der Waals surface area contributed by atoms with Crippen LogP contribution in [0, 0.1) is 5.82 Å². The summed E-state index contributed by atoms with van der Waals surface area (Å²) < 4.78 is 23.8. The van der Waals surface area contributed by atoms with E-state index in [4.69, 9.17) is 15.2 Å². The Labute approximate surface area is 155 Å². The lowest BCUT2D eigenvalue weighted by Crippen LogP contribution is -2.13. The summed E-state index contributed by atoms with van der Waals surface area (Å²) in [6.45, 7) is 0. The summed E-state index contributed by atoms with van der Waals surface area (Å²) in [7, 11) is 2.96. The molecule has 1 aromatic heterocycles. The zero-order valence-corrected chi connectivity index (χ0v) is 14.9. The number of primary amides is 1. The summed E-state index contributed by atoms with van der Waals surface area (Å²) in [6.07, 6.45) is 1.90.